The summed E-state index contributed by atoms with van der Waals surface area (Å²) >= 11 is 1.73. The van der Waals surface area contributed by atoms with Crippen LogP contribution in [0.25, 0.3) is 0 Å². The number of nitrogens with one attached hydrogen (secondary N) is 1. The van der Waals surface area contributed by atoms with Crippen molar-refractivity contribution in [2.24, 2.45) is 0 Å². The quantitative estimate of drug-likeness (QED) is 0.765. The smallest absolute Gasteiger partial charge is 0.315 e. The van der Waals surface area contributed by atoms with Crippen molar-refractivity contribution in [3.05, 3.63) is 0 Å². The first-order chi connectivity index (χ1) is 6.13. The molecule has 1 aliphatic carbocycles. The summed E-state index contributed by atoms with van der Waals surface area (Å²) in [7, 11) is 0. The van der Waals surface area contributed by atoms with Gasteiger partial charge in [0.1, 0.15) is 0 Å². The molecule has 0 spiro atoms. The van der Waals surface area contributed by atoms with Crippen molar-refractivity contribution in [2.75, 3.05) is 6.26 Å². The van der Waals surface area contributed by atoms with Crippen LogP contribution in [0, 0.1) is 0 Å². The molecule has 0 aliphatic heterocycles. The molecule has 1 fully saturated rings. The maximum atomic E-state index is 11.8. The molecule has 0 radical (unpaired) electrons. The minimum Gasteiger partial charge on any atom is -0.348 e. The molecular weight excluding hydrogens is 196 g/mol. The largest absolute Gasteiger partial charge is 0.348 e. The van der Waals surface area contributed by atoms with E-state index in [4.69, 9.17) is 0 Å². The Morgan fingerprint density at radius 3 is 2.69 bits per heavy atom. The zero-order valence-corrected chi connectivity index (χ0v) is 8.24. The Kier molecular flexibility index (Phi) is 3.96. The molecular formula is C8H13F2NOS. The third-order valence-electron chi connectivity index (χ3n) is 2.26. The SMILES string of the molecule is CSC1CCC(NC(=O)C(F)F)C1. The Balaban J connectivity index is 2.28. The van der Waals surface area contributed by atoms with Gasteiger partial charge in [-0.05, 0) is 25.5 Å². The van der Waals surface area contributed by atoms with E-state index in [2.05, 4.69) is 5.32 Å². The predicted molar refractivity (Wildman–Crippen MR) is 49.1 cm³/mol. The molecule has 2 nitrogen and oxygen atoms in total. The van der Waals surface area contributed by atoms with E-state index in [0.717, 1.165) is 19.3 Å². The maximum absolute atomic E-state index is 11.8. The molecule has 0 aromatic rings. The minimum atomic E-state index is -2.88. The molecule has 2 unspecified atom stereocenters. The lowest BCUT2D eigenvalue weighted by Crippen LogP contribution is -2.37. The summed E-state index contributed by atoms with van der Waals surface area (Å²) in [6, 6.07) is -0.0426. The second-order valence-corrected chi connectivity index (χ2v) is 4.32. The van der Waals surface area contributed by atoms with Crippen molar-refractivity contribution in [2.45, 2.75) is 37.0 Å². The number of carbonyl (C=O) groups is 1. The van der Waals surface area contributed by atoms with Gasteiger partial charge in [-0.1, -0.05) is 0 Å². The van der Waals surface area contributed by atoms with Gasteiger partial charge < -0.3 is 5.32 Å². The van der Waals surface area contributed by atoms with E-state index in [1.54, 1.807) is 11.8 Å². The number of thioether (sulfide) groups is 1. The van der Waals surface area contributed by atoms with Crippen LogP contribution in [-0.4, -0.2) is 29.9 Å². The number of rotatable bonds is 3. The van der Waals surface area contributed by atoms with Gasteiger partial charge in [-0.3, -0.25) is 4.79 Å². The van der Waals surface area contributed by atoms with Crippen LogP contribution in [0.4, 0.5) is 8.78 Å². The highest BCUT2D eigenvalue weighted by Crippen LogP contribution is 2.28. The summed E-state index contributed by atoms with van der Waals surface area (Å²) in [5.41, 5.74) is 0. The Morgan fingerprint density at radius 2 is 2.23 bits per heavy atom. The Labute approximate surface area is 80.5 Å². The summed E-state index contributed by atoms with van der Waals surface area (Å²) < 4.78 is 23.7. The second-order valence-electron chi connectivity index (χ2n) is 3.18. The van der Waals surface area contributed by atoms with E-state index in [9.17, 15) is 13.6 Å². The molecule has 5 heteroatoms. The van der Waals surface area contributed by atoms with Gasteiger partial charge in [-0.25, -0.2) is 0 Å². The van der Waals surface area contributed by atoms with E-state index in [1.165, 1.54) is 0 Å². The molecule has 1 rings (SSSR count). The minimum absolute atomic E-state index is 0.0426. The molecule has 1 N–H and O–H groups in total. The fourth-order valence-corrected chi connectivity index (χ4v) is 2.35. The predicted octanol–water partition coefficient (Wildman–Crippen LogP) is 1.65. The van der Waals surface area contributed by atoms with Gasteiger partial charge in [0.15, 0.2) is 0 Å². The van der Waals surface area contributed by atoms with E-state index >= 15 is 0 Å². The number of halogens is 2. The lowest BCUT2D eigenvalue weighted by atomic mass is 10.2. The van der Waals surface area contributed by atoms with Crippen LogP contribution in [0.3, 0.4) is 0 Å². The number of amides is 1. The average Bonchev–Trinajstić information content (AvgIpc) is 2.52. The normalized spacial score (nSPS) is 28.0. The third-order valence-corrected chi connectivity index (χ3v) is 3.36. The Morgan fingerprint density at radius 1 is 1.54 bits per heavy atom. The molecule has 2 atom stereocenters. The fraction of sp³-hybridized carbons (Fsp3) is 0.875. The van der Waals surface area contributed by atoms with Crippen molar-refractivity contribution >= 4 is 17.7 Å². The maximum Gasteiger partial charge on any atom is 0.315 e. The van der Waals surface area contributed by atoms with E-state index in [-0.39, 0.29) is 6.04 Å². The van der Waals surface area contributed by atoms with Crippen LogP contribution < -0.4 is 5.32 Å². The number of hydrogen-bond acceptors (Lipinski definition) is 2. The Hall–Kier alpha value is -0.320. The first kappa shape index (κ1) is 10.8. The van der Waals surface area contributed by atoms with Gasteiger partial charge in [0.05, 0.1) is 0 Å². The lowest BCUT2D eigenvalue weighted by Gasteiger charge is -2.11. The summed E-state index contributed by atoms with van der Waals surface area (Å²) in [5.74, 6) is -1.13. The zero-order chi connectivity index (χ0) is 9.84. The standard InChI is InChI=1S/C8H13F2NOS/c1-13-6-3-2-5(4-6)11-8(12)7(9)10/h5-7H,2-4H2,1H3,(H,11,12). The van der Waals surface area contributed by atoms with Gasteiger partial charge >= 0.3 is 6.43 Å². The van der Waals surface area contributed by atoms with Crippen LogP contribution >= 0.6 is 11.8 Å². The van der Waals surface area contributed by atoms with Gasteiger partial charge in [-0.15, -0.1) is 0 Å². The zero-order valence-electron chi connectivity index (χ0n) is 7.43. The molecule has 0 saturated heterocycles. The van der Waals surface area contributed by atoms with Gasteiger partial charge in [0, 0.05) is 11.3 Å². The summed E-state index contributed by atoms with van der Waals surface area (Å²) in [4.78, 5) is 10.6. The van der Waals surface area contributed by atoms with Gasteiger partial charge in [-0.2, -0.15) is 20.5 Å². The van der Waals surface area contributed by atoms with Crippen molar-refractivity contribution in [1.29, 1.82) is 0 Å². The summed E-state index contributed by atoms with van der Waals surface area (Å²) in [5, 5.41) is 2.86. The number of carbonyl (C=O) groups excluding carboxylic acids is 1. The monoisotopic (exact) mass is 209 g/mol. The first-order valence-electron chi connectivity index (χ1n) is 4.24. The molecule has 0 heterocycles. The average molecular weight is 209 g/mol. The van der Waals surface area contributed by atoms with Crippen LogP contribution in [0.2, 0.25) is 0 Å². The molecule has 1 aliphatic rings. The molecule has 1 saturated carbocycles. The van der Waals surface area contributed by atoms with Crippen LogP contribution in [0.15, 0.2) is 0 Å². The van der Waals surface area contributed by atoms with Crippen LogP contribution in [-0.2, 0) is 4.79 Å². The molecule has 76 valence electrons. The Bertz CT molecular complexity index is 189. The van der Waals surface area contributed by atoms with E-state index < -0.39 is 12.3 Å². The van der Waals surface area contributed by atoms with E-state index in [1.807, 2.05) is 6.26 Å². The summed E-state index contributed by atoms with van der Waals surface area (Å²) in [6.45, 7) is 0. The van der Waals surface area contributed by atoms with Crippen molar-refractivity contribution < 1.29 is 13.6 Å². The highest BCUT2D eigenvalue weighted by Gasteiger charge is 2.27. The number of hydrogen-bond donors (Lipinski definition) is 1. The van der Waals surface area contributed by atoms with Crippen molar-refractivity contribution in [3.8, 4) is 0 Å². The highest BCUT2D eigenvalue weighted by atomic mass is 32.2. The first-order valence-corrected chi connectivity index (χ1v) is 5.53. The van der Waals surface area contributed by atoms with Crippen LogP contribution in [0.5, 0.6) is 0 Å². The van der Waals surface area contributed by atoms with Crippen LogP contribution in [0.1, 0.15) is 19.3 Å². The van der Waals surface area contributed by atoms with Gasteiger partial charge in [0.25, 0.3) is 5.91 Å². The highest BCUT2D eigenvalue weighted by molar-refractivity contribution is 7.99. The van der Waals surface area contributed by atoms with Crippen molar-refractivity contribution in [3.63, 3.8) is 0 Å². The lowest BCUT2D eigenvalue weighted by molar-refractivity contribution is -0.132. The molecule has 0 aromatic carbocycles. The second kappa shape index (κ2) is 4.79. The molecule has 0 aromatic heterocycles. The summed E-state index contributed by atoms with van der Waals surface area (Å²) in [6.07, 6.45) is 1.77. The molecule has 13 heavy (non-hydrogen) atoms. The van der Waals surface area contributed by atoms with E-state index in [0.29, 0.717) is 5.25 Å². The topological polar surface area (TPSA) is 29.1 Å². The van der Waals surface area contributed by atoms with Crippen molar-refractivity contribution in [1.82, 2.24) is 5.32 Å². The fourth-order valence-electron chi connectivity index (χ4n) is 1.55. The number of alkyl halides is 2. The molecule has 0 bridgehead atoms. The molecule has 1 amide bonds. The third kappa shape index (κ3) is 3.14. The van der Waals surface area contributed by atoms with Gasteiger partial charge in [0.2, 0.25) is 0 Å².